The summed E-state index contributed by atoms with van der Waals surface area (Å²) in [7, 11) is 0. The number of nitro groups is 1. The zero-order valence-electron chi connectivity index (χ0n) is 74.7. The van der Waals surface area contributed by atoms with Gasteiger partial charge in [0.1, 0.15) is 38.8 Å². The number of ether oxygens (including phenoxy) is 3. The second kappa shape index (κ2) is 40.1. The van der Waals surface area contributed by atoms with Crippen LogP contribution in [-0.2, 0) is 38.5 Å². The van der Waals surface area contributed by atoms with Crippen molar-refractivity contribution in [3.05, 3.63) is 212 Å². The molecule has 2 unspecified atom stereocenters. The molecule has 4 saturated heterocycles. The molecule has 7 N–H and O–H groups in total. The molecule has 16 rings (SSSR count). The van der Waals surface area contributed by atoms with Gasteiger partial charge in [0, 0.05) is 163 Å². The summed E-state index contributed by atoms with van der Waals surface area (Å²) in [6.07, 6.45) is 16.3. The van der Waals surface area contributed by atoms with E-state index in [-0.39, 0.29) is 35.1 Å². The summed E-state index contributed by atoms with van der Waals surface area (Å²) in [6, 6.07) is 41.5. The van der Waals surface area contributed by atoms with Gasteiger partial charge in [-0.1, -0.05) is 36.4 Å². The summed E-state index contributed by atoms with van der Waals surface area (Å²) < 4.78 is 23.0. The number of benzene rings is 4. The zero-order valence-corrected chi connectivity index (χ0v) is 74.7. The van der Waals surface area contributed by atoms with Crippen molar-refractivity contribution in [2.45, 2.75) is 169 Å². The molecule has 3 amide bonds. The van der Waals surface area contributed by atoms with E-state index in [2.05, 4.69) is 57.7 Å². The number of aromatic nitrogens is 10. The highest BCUT2D eigenvalue weighted by atomic mass is 16.6. The molecule has 0 spiro atoms. The lowest BCUT2D eigenvalue weighted by Gasteiger charge is -2.27. The van der Waals surface area contributed by atoms with Gasteiger partial charge < -0.3 is 80.4 Å². The number of fused-ring (bicyclic) bond motifs is 12. The molecule has 6 aliphatic rings. The molecule has 34 heteroatoms. The number of allylic oxidation sites excluding steroid dienone is 4. The topological polar surface area (TPSA) is 378 Å². The average molecular weight is 1740 g/mol. The number of hydrogen-bond donors (Lipinski definition) is 6. The van der Waals surface area contributed by atoms with Crippen LogP contribution in [0.4, 0.5) is 71.8 Å². The van der Waals surface area contributed by atoms with E-state index in [0.29, 0.717) is 142 Å². The number of rotatable bonds is 9. The van der Waals surface area contributed by atoms with Crippen molar-refractivity contribution < 1.29 is 43.7 Å². The molecule has 127 heavy (non-hydrogen) atoms. The minimum Gasteiger partial charge on any atom is -0.444 e. The van der Waals surface area contributed by atoms with Crippen LogP contribution in [0, 0.1) is 10.1 Å². The quantitative estimate of drug-likeness (QED) is 0.0257. The fourth-order valence-electron chi connectivity index (χ4n) is 15.6. The van der Waals surface area contributed by atoms with Gasteiger partial charge in [0.15, 0.2) is 22.9 Å². The summed E-state index contributed by atoms with van der Waals surface area (Å²) in [5, 5.41) is 43.6. The highest BCUT2D eigenvalue weighted by Gasteiger charge is 2.32. The lowest BCUT2D eigenvalue weighted by Crippen LogP contribution is -2.39. The molecule has 674 valence electrons. The molecule has 4 aromatic carbocycles. The van der Waals surface area contributed by atoms with E-state index >= 15 is 0 Å². The van der Waals surface area contributed by atoms with E-state index in [9.17, 15) is 44.3 Å². The minimum absolute atomic E-state index is 0.0824. The molecule has 12 heterocycles. The van der Waals surface area contributed by atoms with Crippen molar-refractivity contribution in [3.8, 4) is 11.6 Å². The third kappa shape index (κ3) is 24.2. The van der Waals surface area contributed by atoms with Gasteiger partial charge in [-0.05, 0) is 243 Å². The molecule has 0 radical (unpaired) electrons. The van der Waals surface area contributed by atoms with Crippen LogP contribution >= 0.6 is 0 Å². The molecule has 34 nitrogen and oxygen atoms in total. The number of nitrogens with zero attached hydrogens (tertiary/aromatic N) is 18. The zero-order chi connectivity index (χ0) is 90.4. The standard InChI is InChI=1S/C33H40N8O4.C28H32N8O2.C16H23N3O4.C16H25N3O2/c1-32(2,3)45-31(43)39-18-9-17-38(20-21-39)24-14-12-23(13-15-24)35-30-34-22-25-28(37-30)41-27-11-8-10-26(36-27)33(4,44)16-6-5-7-19-40(41)29(25)42;1-28(38)13-3-2-4-17-35-26(37)22-19-30-27(33-25(22)36(35)24-8-5-7-23(28)32-24)31-20-9-11-21(12-10-20)34-16-6-14-29-15-18-34;1-16(2,3)23-15(20)18-10-4-9-17(11-12-18)13-5-7-14(8-6-13)19(21)22;1-16(2,3)21-15(20)19-10-4-9-18(11-12-19)14-7-5-13(17)6-8-14/h5,7-8,10-15,22,44H,6,9,16-21H2,1-4H3,(H,34,35,37);2,4-5,7-12,19,29,38H,3,6,13-18H2,1H3,(H,30,31,33);5-8H,4,9-12H2,1-3H3;5-8H,4,9-12,17H2,1-3H3/b7-5-;4-2-;;. The van der Waals surface area contributed by atoms with Crippen molar-refractivity contribution in [3.63, 3.8) is 0 Å². The maximum atomic E-state index is 13.4. The molecular formula is C93H120N22O12. The van der Waals surface area contributed by atoms with Crippen molar-refractivity contribution >= 4 is 97.7 Å². The summed E-state index contributed by atoms with van der Waals surface area (Å²) in [4.78, 5) is 116. The largest absolute Gasteiger partial charge is 0.444 e. The number of pyridine rings is 2. The third-order valence-corrected chi connectivity index (χ3v) is 22.3. The highest BCUT2D eigenvalue weighted by Crippen LogP contribution is 2.33. The van der Waals surface area contributed by atoms with E-state index in [1.165, 1.54) is 24.0 Å². The monoisotopic (exact) mass is 1740 g/mol. The number of non-ortho nitro benzene ring substituents is 1. The van der Waals surface area contributed by atoms with Crippen molar-refractivity contribution in [1.29, 1.82) is 0 Å². The number of hydrogen-bond acceptors (Lipinski definition) is 26. The third-order valence-electron chi connectivity index (χ3n) is 22.3. The first kappa shape index (κ1) is 91.7. The Hall–Kier alpha value is -13.0. The van der Waals surface area contributed by atoms with Crippen LogP contribution in [-0.4, -0.2) is 218 Å². The first-order valence-corrected chi connectivity index (χ1v) is 43.8. The Morgan fingerprint density at radius 1 is 0.457 bits per heavy atom. The van der Waals surface area contributed by atoms with E-state index in [0.717, 1.165) is 119 Å². The van der Waals surface area contributed by atoms with Crippen LogP contribution in [0.2, 0.25) is 0 Å². The SMILES string of the molecule is CC(C)(C)OC(=O)N1CCCN(c2ccc(N)cc2)CC1.CC(C)(C)OC(=O)N1CCCN(c2ccc(Nc3ncc4c(=O)n5n(c4n3)-c3cccc(n3)C(C)(O)CC/C=C\C5)cc2)CC1.CC(C)(C)OC(=O)N1CCCN(c2ccc([N+](=O)[O-])cc2)CC1.CC1(O)CC/C=C\Cn2c(=O)c3cnc(Nc4ccc(N5CCCNCC5)cc4)nc3n2-c2cccc1n2. The van der Waals surface area contributed by atoms with Gasteiger partial charge in [-0.2, -0.15) is 9.97 Å². The Balaban J connectivity index is 0.000000152. The molecule has 6 aromatic heterocycles. The van der Waals surface area contributed by atoms with Gasteiger partial charge in [-0.15, -0.1) is 0 Å². The van der Waals surface area contributed by atoms with E-state index < -0.39 is 32.9 Å². The second-order valence-corrected chi connectivity index (χ2v) is 35.8. The number of nitrogens with two attached hydrogens (primary N) is 1. The minimum atomic E-state index is -1.11. The van der Waals surface area contributed by atoms with E-state index in [1.807, 2.05) is 172 Å². The van der Waals surface area contributed by atoms with Crippen LogP contribution in [0.3, 0.4) is 0 Å². The summed E-state index contributed by atoms with van der Waals surface area (Å²) in [5.41, 5.74) is 10.4. The smallest absolute Gasteiger partial charge is 0.410 e. The predicted octanol–water partition coefficient (Wildman–Crippen LogP) is 13.6. The Labute approximate surface area is 739 Å². The maximum absolute atomic E-state index is 13.4. The van der Waals surface area contributed by atoms with Crippen molar-refractivity contribution in [1.82, 2.24) is 68.6 Å². The first-order chi connectivity index (χ1) is 60.6. The van der Waals surface area contributed by atoms with Crippen molar-refractivity contribution in [2.24, 2.45) is 0 Å². The number of nitro benzene ring substituents is 1. The fourth-order valence-corrected chi connectivity index (χ4v) is 15.6. The number of carbonyl (C=O) groups is 3. The molecule has 6 aliphatic heterocycles. The fraction of sp³-hybridized carbons (Fsp3) is 0.452. The number of aliphatic hydroxyl groups is 2. The Bertz CT molecular complexity index is 5640. The van der Waals surface area contributed by atoms with Crippen LogP contribution in [0.1, 0.15) is 139 Å². The lowest BCUT2D eigenvalue weighted by atomic mass is 9.95. The van der Waals surface area contributed by atoms with Gasteiger partial charge in [0.2, 0.25) is 11.9 Å². The highest BCUT2D eigenvalue weighted by molar-refractivity contribution is 5.79. The second-order valence-electron chi connectivity index (χ2n) is 35.8. The first-order valence-electron chi connectivity index (χ1n) is 43.8. The van der Waals surface area contributed by atoms with Gasteiger partial charge in [-0.25, -0.2) is 53.0 Å². The van der Waals surface area contributed by atoms with E-state index in [4.69, 9.17) is 39.9 Å². The molecule has 4 fully saturated rings. The normalized spacial score (nSPS) is 18.9. The number of anilines is 9. The lowest BCUT2D eigenvalue weighted by molar-refractivity contribution is -0.384. The Kier molecular flexibility index (Phi) is 29.0. The summed E-state index contributed by atoms with van der Waals surface area (Å²) >= 11 is 0. The van der Waals surface area contributed by atoms with Gasteiger partial charge >= 0.3 is 18.3 Å². The summed E-state index contributed by atoms with van der Waals surface area (Å²) in [5.74, 6) is 1.74. The van der Waals surface area contributed by atoms with Gasteiger partial charge in [0.05, 0.1) is 29.4 Å². The number of carbonyl (C=O) groups excluding carboxylic acids is 3. The van der Waals surface area contributed by atoms with Crippen LogP contribution < -0.4 is 52.4 Å². The van der Waals surface area contributed by atoms with Crippen molar-refractivity contribution in [2.75, 3.05) is 141 Å². The average Bonchev–Trinajstić information content (AvgIpc) is 1.60. The molecule has 0 aliphatic carbocycles. The molecule has 4 bridgehead atoms. The maximum Gasteiger partial charge on any atom is 0.410 e. The van der Waals surface area contributed by atoms with Gasteiger partial charge in [-0.3, -0.25) is 19.7 Å². The molecule has 0 saturated carbocycles. The predicted molar refractivity (Wildman–Crippen MR) is 495 cm³/mol. The van der Waals surface area contributed by atoms with E-state index in [1.54, 1.807) is 77.7 Å². The Morgan fingerprint density at radius 3 is 1.20 bits per heavy atom. The number of amides is 3. The van der Waals surface area contributed by atoms with Crippen LogP contribution in [0.5, 0.6) is 0 Å². The molecule has 10 aromatic rings. The number of nitrogens with one attached hydrogen (secondary N) is 3. The molecular weight excluding hydrogens is 1620 g/mol. The van der Waals surface area contributed by atoms with Crippen LogP contribution in [0.15, 0.2) is 180 Å². The summed E-state index contributed by atoms with van der Waals surface area (Å²) in [6.45, 7) is 33.8. The van der Waals surface area contributed by atoms with Crippen LogP contribution in [0.25, 0.3) is 33.7 Å². The molecule has 2 atom stereocenters. The number of nitrogen functional groups attached to an aromatic ring is 1. The van der Waals surface area contributed by atoms with Gasteiger partial charge in [0.25, 0.3) is 16.8 Å². The Morgan fingerprint density at radius 2 is 0.819 bits per heavy atom.